The molecule has 0 bridgehead atoms. The number of benzene rings is 3. The first-order chi connectivity index (χ1) is 15.6. The van der Waals surface area contributed by atoms with Crippen molar-refractivity contribution in [1.29, 1.82) is 0 Å². The second-order valence-electron chi connectivity index (χ2n) is 7.47. The predicted molar refractivity (Wildman–Crippen MR) is 127 cm³/mol. The molecule has 0 saturated carbocycles. The molecule has 6 N–H and O–H groups in total. The van der Waals surface area contributed by atoms with Crippen LogP contribution >= 0.6 is 23.2 Å². The first kappa shape index (κ1) is 22.4. The summed E-state index contributed by atoms with van der Waals surface area (Å²) in [5.41, 5.74) is 6.78. The summed E-state index contributed by atoms with van der Waals surface area (Å²) >= 11 is 13.3. The Morgan fingerprint density at radius 3 is 2.27 bits per heavy atom. The van der Waals surface area contributed by atoms with Gasteiger partial charge < -0.3 is 26.8 Å². The van der Waals surface area contributed by atoms with Crippen LogP contribution in [0.2, 0.25) is 10.0 Å². The number of carbonyl (C=O) groups is 3. The van der Waals surface area contributed by atoms with Crippen molar-refractivity contribution in [3.05, 3.63) is 86.9 Å². The smallest absolute Gasteiger partial charge is 0.335 e. The first-order valence-electron chi connectivity index (χ1n) is 9.72. The summed E-state index contributed by atoms with van der Waals surface area (Å²) in [7, 11) is 0. The van der Waals surface area contributed by atoms with E-state index in [-0.39, 0.29) is 22.1 Å². The van der Waals surface area contributed by atoms with E-state index in [1.54, 1.807) is 30.3 Å². The summed E-state index contributed by atoms with van der Waals surface area (Å²) in [6, 6.07) is 14.2. The van der Waals surface area contributed by atoms with Gasteiger partial charge in [0.05, 0.1) is 27.6 Å². The van der Waals surface area contributed by atoms with Gasteiger partial charge in [-0.05, 0) is 42.5 Å². The van der Waals surface area contributed by atoms with Crippen molar-refractivity contribution in [3.63, 3.8) is 0 Å². The normalized spacial score (nSPS) is 16.3. The summed E-state index contributed by atoms with van der Waals surface area (Å²) in [5, 5.41) is 19.4. The fraction of sp³-hybridized carbons (Fsp3) is 0.0870. The number of fused-ring (bicyclic) bond motifs is 1. The summed E-state index contributed by atoms with van der Waals surface area (Å²) in [5.74, 6) is -2.04. The van der Waals surface area contributed by atoms with Crippen molar-refractivity contribution in [2.45, 2.75) is 12.6 Å². The third-order valence-corrected chi connectivity index (χ3v) is 5.90. The van der Waals surface area contributed by atoms with Crippen molar-refractivity contribution in [3.8, 4) is 0 Å². The molecular weight excluding hydrogens is 467 g/mol. The largest absolute Gasteiger partial charge is 0.478 e. The molecule has 3 aromatic carbocycles. The number of carboxylic acid groups (broad SMARTS) is 1. The van der Waals surface area contributed by atoms with E-state index in [2.05, 4.69) is 16.0 Å². The van der Waals surface area contributed by atoms with Crippen LogP contribution in [0.3, 0.4) is 0 Å². The second-order valence-corrected chi connectivity index (χ2v) is 8.28. The molecule has 1 aliphatic rings. The van der Waals surface area contributed by atoms with Crippen molar-refractivity contribution < 1.29 is 19.5 Å². The number of anilines is 3. The molecule has 1 unspecified atom stereocenters. The highest BCUT2D eigenvalue weighted by Gasteiger charge is 2.44. The summed E-state index contributed by atoms with van der Waals surface area (Å²) in [6.07, 6.45) is 0. The molecule has 168 valence electrons. The number of amides is 2. The van der Waals surface area contributed by atoms with Crippen LogP contribution in [0, 0.1) is 0 Å². The van der Waals surface area contributed by atoms with Crippen LogP contribution < -0.4 is 21.7 Å². The number of primary amides is 1. The molecule has 10 heteroatoms. The number of nitrogens with two attached hydrogens (primary N) is 1. The molecule has 3 aromatic rings. The molecule has 33 heavy (non-hydrogen) atoms. The van der Waals surface area contributed by atoms with Crippen LogP contribution in [0.25, 0.3) is 0 Å². The van der Waals surface area contributed by atoms with E-state index >= 15 is 0 Å². The maximum atomic E-state index is 11.9. The molecule has 1 atom stereocenters. The van der Waals surface area contributed by atoms with Crippen molar-refractivity contribution in [1.82, 2.24) is 0 Å². The molecule has 4 rings (SSSR count). The molecular formula is C23H18Cl2N4O4. The van der Waals surface area contributed by atoms with Crippen LogP contribution in [0.15, 0.2) is 54.6 Å². The average molecular weight is 485 g/mol. The van der Waals surface area contributed by atoms with Crippen LogP contribution in [0.4, 0.5) is 17.1 Å². The zero-order valence-corrected chi connectivity index (χ0v) is 18.7. The monoisotopic (exact) mass is 484 g/mol. The highest BCUT2D eigenvalue weighted by molar-refractivity contribution is 6.33. The number of hydrogen-bond acceptors (Lipinski definition) is 5. The Hall–Kier alpha value is -3.75. The van der Waals surface area contributed by atoms with Crippen LogP contribution in [0.5, 0.6) is 0 Å². The van der Waals surface area contributed by atoms with Gasteiger partial charge in [0.1, 0.15) is 0 Å². The Morgan fingerprint density at radius 2 is 1.64 bits per heavy atom. The molecule has 0 saturated heterocycles. The number of carbonyl (C=O) groups excluding carboxylic acids is 2. The SMILES string of the molecule is CC(=O)Nc1cccc(Cl)c1C1(c2ccc(C(N)=O)cc2Cl)Nc2ccc(C(=O)O)cc2N1. The minimum atomic E-state index is -1.32. The molecule has 1 heterocycles. The number of nitrogens with one attached hydrogen (secondary N) is 3. The Bertz CT molecular complexity index is 1330. The van der Waals surface area contributed by atoms with E-state index in [0.717, 1.165) is 0 Å². The number of rotatable bonds is 5. The molecule has 1 aliphatic heterocycles. The molecule has 0 fully saturated rings. The van der Waals surface area contributed by atoms with Gasteiger partial charge in [-0.2, -0.15) is 0 Å². The minimum absolute atomic E-state index is 0.0790. The standard InChI is InChI=1S/C23H18Cl2N4O4/c1-11(30)27-18-4-2-3-15(24)20(18)23(14-7-5-12(21(26)31)9-16(14)25)28-17-8-6-13(22(32)33)10-19(17)29-23/h2-10,28-29H,1H3,(H2,26,31)(H,27,30)(H,32,33). The third-order valence-electron chi connectivity index (χ3n) is 5.27. The van der Waals surface area contributed by atoms with Gasteiger partial charge in [-0.3, -0.25) is 9.59 Å². The molecule has 8 nitrogen and oxygen atoms in total. The summed E-state index contributed by atoms with van der Waals surface area (Å²) in [4.78, 5) is 35.1. The minimum Gasteiger partial charge on any atom is -0.478 e. The van der Waals surface area contributed by atoms with Gasteiger partial charge in [0.25, 0.3) is 0 Å². The quantitative estimate of drug-likeness (QED) is 0.362. The number of carboxylic acids is 1. The fourth-order valence-corrected chi connectivity index (χ4v) is 4.53. The number of halogens is 2. The third kappa shape index (κ3) is 3.94. The second kappa shape index (κ2) is 8.31. The van der Waals surface area contributed by atoms with Gasteiger partial charge in [0, 0.05) is 28.6 Å². The molecule has 0 spiro atoms. The highest BCUT2D eigenvalue weighted by Crippen LogP contribution is 2.49. The zero-order chi connectivity index (χ0) is 23.9. The maximum absolute atomic E-state index is 11.9. The maximum Gasteiger partial charge on any atom is 0.335 e. The molecule has 2 amide bonds. The lowest BCUT2D eigenvalue weighted by Gasteiger charge is -2.35. The van der Waals surface area contributed by atoms with Crippen molar-refractivity contribution in [2.24, 2.45) is 5.73 Å². The Balaban J connectivity index is 1.99. The zero-order valence-electron chi connectivity index (χ0n) is 17.2. The topological polar surface area (TPSA) is 134 Å². The summed E-state index contributed by atoms with van der Waals surface area (Å²) in [6.45, 7) is 1.37. The van der Waals surface area contributed by atoms with Crippen LogP contribution in [-0.2, 0) is 10.5 Å². The lowest BCUT2D eigenvalue weighted by Crippen LogP contribution is -2.41. The van der Waals surface area contributed by atoms with E-state index in [1.165, 1.54) is 31.2 Å². The summed E-state index contributed by atoms with van der Waals surface area (Å²) < 4.78 is 0. The Kier molecular flexibility index (Phi) is 5.65. The van der Waals surface area contributed by atoms with Gasteiger partial charge in [-0.15, -0.1) is 0 Å². The predicted octanol–water partition coefficient (Wildman–Crippen LogP) is 4.49. The van der Waals surface area contributed by atoms with Gasteiger partial charge in [0.2, 0.25) is 11.8 Å². The Morgan fingerprint density at radius 1 is 0.939 bits per heavy atom. The van der Waals surface area contributed by atoms with Crippen LogP contribution in [0.1, 0.15) is 38.8 Å². The van der Waals surface area contributed by atoms with Crippen molar-refractivity contribution in [2.75, 3.05) is 16.0 Å². The van der Waals surface area contributed by atoms with E-state index in [0.29, 0.717) is 33.2 Å². The van der Waals surface area contributed by atoms with Gasteiger partial charge in [-0.25, -0.2) is 4.79 Å². The molecule has 0 aromatic heterocycles. The first-order valence-corrected chi connectivity index (χ1v) is 10.5. The number of hydrogen-bond donors (Lipinski definition) is 5. The Labute approximate surface area is 198 Å². The molecule has 0 aliphatic carbocycles. The van der Waals surface area contributed by atoms with E-state index in [9.17, 15) is 19.5 Å². The lowest BCUT2D eigenvalue weighted by molar-refractivity contribution is -0.114. The lowest BCUT2D eigenvalue weighted by atomic mass is 9.89. The average Bonchev–Trinajstić information content (AvgIpc) is 3.12. The number of aromatic carboxylic acids is 1. The highest BCUT2D eigenvalue weighted by atomic mass is 35.5. The van der Waals surface area contributed by atoms with E-state index in [1.807, 2.05) is 0 Å². The van der Waals surface area contributed by atoms with Crippen LogP contribution in [-0.4, -0.2) is 22.9 Å². The van der Waals surface area contributed by atoms with Gasteiger partial charge in [0.15, 0.2) is 5.66 Å². The fourth-order valence-electron chi connectivity index (χ4n) is 3.89. The van der Waals surface area contributed by atoms with Gasteiger partial charge >= 0.3 is 5.97 Å². The van der Waals surface area contributed by atoms with E-state index in [4.69, 9.17) is 28.9 Å². The van der Waals surface area contributed by atoms with Crippen molar-refractivity contribution >= 4 is 58.0 Å². The van der Waals surface area contributed by atoms with Gasteiger partial charge in [-0.1, -0.05) is 35.3 Å². The molecule has 0 radical (unpaired) electrons. The van der Waals surface area contributed by atoms with E-state index < -0.39 is 17.5 Å².